The van der Waals surface area contributed by atoms with Gasteiger partial charge in [-0.25, -0.2) is 0 Å². The van der Waals surface area contributed by atoms with E-state index in [2.05, 4.69) is 5.10 Å². The predicted octanol–water partition coefficient (Wildman–Crippen LogP) is 0.590. The molecule has 0 amide bonds. The fraction of sp³-hybridized carbons (Fsp3) is 0.111. The molecular formula is C9H8N2O3. The number of hydrogen-bond acceptors (Lipinski definition) is 4. The fourth-order valence-electron chi connectivity index (χ4n) is 1.08. The Hall–Kier alpha value is -2.04. The fourth-order valence-corrected chi connectivity index (χ4v) is 1.08. The smallest absolute Gasteiger partial charge is 0.226 e. The summed E-state index contributed by atoms with van der Waals surface area (Å²) in [6, 6.07) is 3.02. The molecule has 0 aliphatic carbocycles. The second-order valence-corrected chi connectivity index (χ2v) is 2.80. The van der Waals surface area contributed by atoms with Crippen LogP contribution in [0.3, 0.4) is 0 Å². The van der Waals surface area contributed by atoms with Crippen molar-refractivity contribution in [2.24, 2.45) is 0 Å². The van der Waals surface area contributed by atoms with Crippen molar-refractivity contribution in [2.45, 2.75) is 6.54 Å². The molecule has 0 spiro atoms. The summed E-state index contributed by atoms with van der Waals surface area (Å²) in [4.78, 5) is 11.0. The average molecular weight is 192 g/mol. The van der Waals surface area contributed by atoms with E-state index in [1.165, 1.54) is 6.07 Å². The SMILES string of the molecule is O=c1cc(Cn2cccn2)occ1O. The molecule has 0 aliphatic heterocycles. The van der Waals surface area contributed by atoms with Gasteiger partial charge in [0, 0.05) is 18.5 Å². The third-order valence-electron chi connectivity index (χ3n) is 1.74. The second-order valence-electron chi connectivity index (χ2n) is 2.80. The van der Waals surface area contributed by atoms with E-state index in [0.29, 0.717) is 12.3 Å². The number of nitrogens with zero attached hydrogens (tertiary/aromatic N) is 2. The first kappa shape index (κ1) is 8.55. The van der Waals surface area contributed by atoms with Crippen LogP contribution in [0.5, 0.6) is 5.75 Å². The lowest BCUT2D eigenvalue weighted by atomic mass is 10.3. The number of rotatable bonds is 2. The zero-order valence-corrected chi connectivity index (χ0v) is 7.25. The van der Waals surface area contributed by atoms with Crippen LogP contribution < -0.4 is 5.43 Å². The van der Waals surface area contributed by atoms with Crippen LogP contribution in [0.1, 0.15) is 5.76 Å². The van der Waals surface area contributed by atoms with Crippen molar-refractivity contribution >= 4 is 0 Å². The van der Waals surface area contributed by atoms with Crippen molar-refractivity contribution in [3.8, 4) is 5.75 Å². The zero-order valence-electron chi connectivity index (χ0n) is 7.25. The molecular weight excluding hydrogens is 184 g/mol. The molecule has 0 bridgehead atoms. The van der Waals surface area contributed by atoms with Gasteiger partial charge in [-0.3, -0.25) is 9.48 Å². The summed E-state index contributed by atoms with van der Waals surface area (Å²) in [5, 5.41) is 12.9. The molecule has 0 aromatic carbocycles. The number of aromatic nitrogens is 2. The third kappa shape index (κ3) is 1.66. The molecule has 0 saturated carbocycles. The summed E-state index contributed by atoms with van der Waals surface area (Å²) in [6.07, 6.45) is 4.42. The van der Waals surface area contributed by atoms with E-state index >= 15 is 0 Å². The van der Waals surface area contributed by atoms with E-state index in [9.17, 15) is 4.79 Å². The maximum Gasteiger partial charge on any atom is 0.226 e. The Kier molecular flexibility index (Phi) is 2.06. The van der Waals surface area contributed by atoms with Crippen molar-refractivity contribution in [1.29, 1.82) is 0 Å². The summed E-state index contributed by atoms with van der Waals surface area (Å²) in [7, 11) is 0. The summed E-state index contributed by atoms with van der Waals surface area (Å²) < 4.78 is 6.62. The van der Waals surface area contributed by atoms with Crippen LogP contribution in [0, 0.1) is 0 Å². The van der Waals surface area contributed by atoms with E-state index in [1.54, 1.807) is 23.1 Å². The number of aromatic hydroxyl groups is 1. The summed E-state index contributed by atoms with van der Waals surface area (Å²) in [5.74, 6) is 0.0747. The van der Waals surface area contributed by atoms with Crippen LogP contribution >= 0.6 is 0 Å². The van der Waals surface area contributed by atoms with Gasteiger partial charge in [0.25, 0.3) is 0 Å². The highest BCUT2D eigenvalue weighted by atomic mass is 16.4. The zero-order chi connectivity index (χ0) is 9.97. The molecule has 2 rings (SSSR count). The molecule has 1 N–H and O–H groups in total. The van der Waals surface area contributed by atoms with Gasteiger partial charge in [0.15, 0.2) is 5.75 Å². The summed E-state index contributed by atoms with van der Waals surface area (Å²) in [5.41, 5.74) is -0.446. The van der Waals surface area contributed by atoms with E-state index in [4.69, 9.17) is 9.52 Å². The van der Waals surface area contributed by atoms with Crippen LogP contribution in [0.4, 0.5) is 0 Å². The maximum atomic E-state index is 11.0. The highest BCUT2D eigenvalue weighted by Gasteiger charge is 2.02. The Morgan fingerprint density at radius 1 is 1.57 bits per heavy atom. The van der Waals surface area contributed by atoms with Gasteiger partial charge in [-0.2, -0.15) is 5.10 Å². The molecule has 2 aromatic heterocycles. The molecule has 2 heterocycles. The van der Waals surface area contributed by atoms with Crippen molar-refractivity contribution in [3.63, 3.8) is 0 Å². The van der Waals surface area contributed by atoms with Crippen LogP contribution in [0.25, 0.3) is 0 Å². The lowest BCUT2D eigenvalue weighted by Crippen LogP contribution is -2.05. The Morgan fingerprint density at radius 2 is 2.43 bits per heavy atom. The molecule has 72 valence electrons. The average Bonchev–Trinajstić information content (AvgIpc) is 2.64. The Balaban J connectivity index is 2.26. The van der Waals surface area contributed by atoms with Gasteiger partial charge in [-0.05, 0) is 6.07 Å². The monoisotopic (exact) mass is 192 g/mol. The van der Waals surface area contributed by atoms with Gasteiger partial charge < -0.3 is 9.52 Å². The molecule has 0 saturated heterocycles. The standard InChI is InChI=1S/C9H8N2O3/c12-8-4-7(14-6-9(8)13)5-11-3-1-2-10-11/h1-4,6,13H,5H2. The Morgan fingerprint density at radius 3 is 3.07 bits per heavy atom. The lowest BCUT2D eigenvalue weighted by molar-refractivity contribution is 0.404. The van der Waals surface area contributed by atoms with Crippen molar-refractivity contribution in [1.82, 2.24) is 9.78 Å². The van der Waals surface area contributed by atoms with Gasteiger partial charge in [0.05, 0.1) is 6.54 Å². The third-order valence-corrected chi connectivity index (χ3v) is 1.74. The minimum absolute atomic E-state index is 0.377. The van der Waals surface area contributed by atoms with Gasteiger partial charge in [0.1, 0.15) is 12.0 Å². The maximum absolute atomic E-state index is 11.0. The molecule has 5 nitrogen and oxygen atoms in total. The first-order valence-electron chi connectivity index (χ1n) is 4.04. The lowest BCUT2D eigenvalue weighted by Gasteiger charge is -1.99. The molecule has 0 atom stereocenters. The normalized spacial score (nSPS) is 10.3. The van der Waals surface area contributed by atoms with Gasteiger partial charge in [-0.15, -0.1) is 0 Å². The molecule has 0 aliphatic rings. The Bertz CT molecular complexity index is 473. The van der Waals surface area contributed by atoms with Crippen molar-refractivity contribution in [2.75, 3.05) is 0 Å². The molecule has 5 heteroatoms. The van der Waals surface area contributed by atoms with Crippen molar-refractivity contribution < 1.29 is 9.52 Å². The van der Waals surface area contributed by atoms with Gasteiger partial charge in [0.2, 0.25) is 5.43 Å². The van der Waals surface area contributed by atoms with Gasteiger partial charge in [-0.1, -0.05) is 0 Å². The first-order chi connectivity index (χ1) is 6.75. The highest BCUT2D eigenvalue weighted by molar-refractivity contribution is 5.15. The topological polar surface area (TPSA) is 68.3 Å². The van der Waals surface area contributed by atoms with Crippen LogP contribution in [0.15, 0.2) is 40.0 Å². The van der Waals surface area contributed by atoms with E-state index < -0.39 is 5.43 Å². The predicted molar refractivity (Wildman–Crippen MR) is 48.0 cm³/mol. The Labute approximate surface area is 79.2 Å². The van der Waals surface area contributed by atoms with Crippen LogP contribution in [-0.4, -0.2) is 14.9 Å². The van der Waals surface area contributed by atoms with Gasteiger partial charge >= 0.3 is 0 Å². The largest absolute Gasteiger partial charge is 0.502 e. The van der Waals surface area contributed by atoms with Crippen LogP contribution in [0.2, 0.25) is 0 Å². The molecule has 2 aromatic rings. The molecule has 0 fully saturated rings. The second kappa shape index (κ2) is 3.37. The molecule has 0 unspecified atom stereocenters. The molecule has 14 heavy (non-hydrogen) atoms. The van der Waals surface area contributed by atoms with E-state index in [-0.39, 0.29) is 5.75 Å². The highest BCUT2D eigenvalue weighted by Crippen LogP contribution is 2.04. The van der Waals surface area contributed by atoms with Crippen molar-refractivity contribution in [3.05, 3.63) is 46.8 Å². The minimum Gasteiger partial charge on any atom is -0.502 e. The number of hydrogen-bond donors (Lipinski definition) is 1. The quantitative estimate of drug-likeness (QED) is 0.756. The summed E-state index contributed by atoms with van der Waals surface area (Å²) >= 11 is 0. The first-order valence-corrected chi connectivity index (χ1v) is 4.04. The van der Waals surface area contributed by atoms with E-state index in [1.807, 2.05) is 0 Å². The van der Waals surface area contributed by atoms with Crippen LogP contribution in [-0.2, 0) is 6.54 Å². The molecule has 0 radical (unpaired) electrons. The minimum atomic E-state index is -0.446. The summed E-state index contributed by atoms with van der Waals surface area (Å²) in [6.45, 7) is 0.377. The van der Waals surface area contributed by atoms with E-state index in [0.717, 1.165) is 6.26 Å².